The van der Waals surface area contributed by atoms with Gasteiger partial charge in [-0.3, -0.25) is 19.2 Å². The van der Waals surface area contributed by atoms with Crippen LogP contribution >= 0.6 is 0 Å². The molecule has 0 saturated carbocycles. The Balaban J connectivity index is 1.24. The van der Waals surface area contributed by atoms with E-state index in [2.05, 4.69) is 25.9 Å². The third-order valence-corrected chi connectivity index (χ3v) is 9.83. The molecule has 0 radical (unpaired) electrons. The number of para-hydroxylation sites is 2. The molecule has 262 valence electrons. The number of amides is 4. The zero-order valence-electron chi connectivity index (χ0n) is 28.2. The van der Waals surface area contributed by atoms with Crippen LogP contribution in [0.2, 0.25) is 0 Å². The fourth-order valence-corrected chi connectivity index (χ4v) is 7.19. The Labute approximate surface area is 294 Å². The van der Waals surface area contributed by atoms with E-state index in [1.165, 1.54) is 11.8 Å². The van der Waals surface area contributed by atoms with Gasteiger partial charge in [-0.05, 0) is 48.6 Å². The van der Waals surface area contributed by atoms with Crippen molar-refractivity contribution in [2.24, 2.45) is 0 Å². The molecule has 5 N–H and O–H groups in total. The van der Waals surface area contributed by atoms with Gasteiger partial charge in [0.25, 0.3) is 0 Å². The molecule has 5 atom stereocenters. The zero-order chi connectivity index (χ0) is 35.5. The normalized spacial score (nSPS) is 23.1. The van der Waals surface area contributed by atoms with Crippen molar-refractivity contribution in [2.75, 3.05) is 6.54 Å². The molecule has 0 aliphatic carbocycles. The summed E-state index contributed by atoms with van der Waals surface area (Å²) < 4.78 is 5.86. The first-order chi connectivity index (χ1) is 24.7. The summed E-state index contributed by atoms with van der Waals surface area (Å²) in [7, 11) is 0. The fraction of sp³-hybridized carbons (Fsp3) is 0.308. The minimum atomic E-state index is -1.32. The van der Waals surface area contributed by atoms with E-state index >= 15 is 0 Å². The van der Waals surface area contributed by atoms with Crippen LogP contribution in [0.15, 0.2) is 91.3 Å². The largest absolute Gasteiger partial charge is 0.458 e. The SMILES string of the molecule is CC1OC(=O)C2CCCN2C(=O)C(Cc2c[nH]c3ccccc23)NC(=O)C(Cc2c[nH]c3ccccc23)NC(=O)C1NC(=O)Cc1ccccc1. The number of carbonyl (C=O) groups excluding carboxylic acids is 5. The molecule has 51 heavy (non-hydrogen) atoms. The highest BCUT2D eigenvalue weighted by Crippen LogP contribution is 2.25. The molecule has 2 aliphatic rings. The average molecular weight is 689 g/mol. The van der Waals surface area contributed by atoms with Gasteiger partial charge in [-0.1, -0.05) is 66.7 Å². The van der Waals surface area contributed by atoms with Crippen molar-refractivity contribution in [3.63, 3.8) is 0 Å². The number of nitrogens with zero attached hydrogens (tertiary/aromatic N) is 1. The van der Waals surface area contributed by atoms with Gasteiger partial charge in [0, 0.05) is 53.6 Å². The maximum absolute atomic E-state index is 14.4. The molecule has 0 bridgehead atoms. The Morgan fingerprint density at radius 1 is 0.784 bits per heavy atom. The highest BCUT2D eigenvalue weighted by atomic mass is 16.5. The molecule has 12 heteroatoms. The maximum atomic E-state index is 14.4. The number of fused-ring (bicyclic) bond motifs is 3. The second-order valence-electron chi connectivity index (χ2n) is 13.3. The van der Waals surface area contributed by atoms with Crippen LogP contribution in [0.25, 0.3) is 21.8 Å². The van der Waals surface area contributed by atoms with Crippen molar-refractivity contribution in [1.82, 2.24) is 30.8 Å². The molecule has 2 aromatic heterocycles. The lowest BCUT2D eigenvalue weighted by molar-refractivity contribution is -0.160. The van der Waals surface area contributed by atoms with Crippen LogP contribution in [0.4, 0.5) is 0 Å². The van der Waals surface area contributed by atoms with E-state index < -0.39 is 59.9 Å². The number of hydrogen-bond donors (Lipinski definition) is 5. The van der Waals surface area contributed by atoms with Crippen LogP contribution in [-0.4, -0.2) is 81.3 Å². The van der Waals surface area contributed by atoms with Gasteiger partial charge in [-0.2, -0.15) is 0 Å². The number of rotatable bonds is 7. The van der Waals surface area contributed by atoms with Crippen molar-refractivity contribution < 1.29 is 28.7 Å². The van der Waals surface area contributed by atoms with Crippen LogP contribution < -0.4 is 16.0 Å². The Bertz CT molecular complexity index is 2090. The molecule has 12 nitrogen and oxygen atoms in total. The van der Waals surface area contributed by atoms with Gasteiger partial charge < -0.3 is 35.6 Å². The number of benzene rings is 3. The Kier molecular flexibility index (Phi) is 9.56. The maximum Gasteiger partial charge on any atom is 0.329 e. The van der Waals surface area contributed by atoms with Crippen molar-refractivity contribution in [1.29, 1.82) is 0 Å². The summed E-state index contributed by atoms with van der Waals surface area (Å²) in [5, 5.41) is 10.3. The van der Waals surface area contributed by atoms with Crippen molar-refractivity contribution in [3.8, 4) is 0 Å². The third kappa shape index (κ3) is 7.21. The second-order valence-corrected chi connectivity index (χ2v) is 13.3. The van der Waals surface area contributed by atoms with Gasteiger partial charge in [-0.25, -0.2) is 4.79 Å². The molecule has 4 heterocycles. The number of aromatic nitrogens is 2. The predicted molar refractivity (Wildman–Crippen MR) is 190 cm³/mol. The second kappa shape index (κ2) is 14.5. The molecule has 3 aromatic carbocycles. The molecule has 2 aliphatic heterocycles. The van der Waals surface area contributed by atoms with Gasteiger partial charge in [0.05, 0.1) is 6.42 Å². The Morgan fingerprint density at radius 2 is 1.37 bits per heavy atom. The molecule has 5 unspecified atom stereocenters. The minimum absolute atomic E-state index is 0.00897. The number of aromatic amines is 2. The summed E-state index contributed by atoms with van der Waals surface area (Å²) in [6.45, 7) is 1.83. The number of ether oxygens (including phenoxy) is 1. The topological polar surface area (TPSA) is 165 Å². The minimum Gasteiger partial charge on any atom is -0.458 e. The van der Waals surface area contributed by atoms with E-state index in [-0.39, 0.29) is 19.3 Å². The number of carbonyl (C=O) groups is 5. The number of cyclic esters (lactones) is 1. The average Bonchev–Trinajstić information content (AvgIpc) is 3.89. The van der Waals surface area contributed by atoms with E-state index in [0.717, 1.165) is 38.5 Å². The monoisotopic (exact) mass is 688 g/mol. The summed E-state index contributed by atoms with van der Waals surface area (Å²) in [6, 6.07) is 19.9. The third-order valence-electron chi connectivity index (χ3n) is 9.83. The molecule has 0 spiro atoms. The summed E-state index contributed by atoms with van der Waals surface area (Å²) in [4.78, 5) is 77.8. The van der Waals surface area contributed by atoms with Gasteiger partial charge in [0.2, 0.25) is 23.6 Å². The van der Waals surface area contributed by atoms with Crippen LogP contribution in [0, 0.1) is 0 Å². The van der Waals surface area contributed by atoms with Crippen LogP contribution in [0.3, 0.4) is 0 Å². The summed E-state index contributed by atoms with van der Waals surface area (Å²) >= 11 is 0. The fourth-order valence-electron chi connectivity index (χ4n) is 7.19. The lowest BCUT2D eigenvalue weighted by Gasteiger charge is -2.29. The highest BCUT2D eigenvalue weighted by Gasteiger charge is 2.42. The molecule has 5 aromatic rings. The van der Waals surface area contributed by atoms with Gasteiger partial charge in [0.15, 0.2) is 0 Å². The number of H-pyrrole nitrogens is 2. The standard InChI is InChI=1S/C39H40N6O6/c1-23-35(44-34(46)18-24-10-3-2-4-11-24)37(48)42-31(19-25-21-40-29-14-7-5-12-27(25)29)36(47)43-32(20-26-22-41-30-15-8-6-13-28(26)30)38(49)45-17-9-16-33(45)39(50)51-23/h2-8,10-15,21-23,31-33,35,40-41H,9,16-20H2,1H3,(H,42,48)(H,43,47)(H,44,46). The van der Waals surface area contributed by atoms with E-state index in [1.807, 2.05) is 72.9 Å². The molecule has 7 rings (SSSR count). The lowest BCUT2D eigenvalue weighted by atomic mass is 10.0. The van der Waals surface area contributed by atoms with Crippen LogP contribution in [0.1, 0.15) is 36.5 Å². The van der Waals surface area contributed by atoms with Gasteiger partial charge >= 0.3 is 5.97 Å². The number of esters is 1. The lowest BCUT2D eigenvalue weighted by Crippen LogP contribution is -2.59. The van der Waals surface area contributed by atoms with Crippen LogP contribution in [0.5, 0.6) is 0 Å². The Hall–Kier alpha value is -5.91. The molecule has 2 saturated heterocycles. The predicted octanol–water partition coefficient (Wildman–Crippen LogP) is 3.07. The quantitative estimate of drug-likeness (QED) is 0.165. The number of hydrogen-bond acceptors (Lipinski definition) is 6. The summed E-state index contributed by atoms with van der Waals surface area (Å²) in [5.41, 5.74) is 4.08. The highest BCUT2D eigenvalue weighted by molar-refractivity contribution is 5.97. The van der Waals surface area contributed by atoms with E-state index in [0.29, 0.717) is 19.4 Å². The number of nitrogens with one attached hydrogen (secondary N) is 5. The molecular weight excluding hydrogens is 648 g/mol. The first-order valence-electron chi connectivity index (χ1n) is 17.3. The molecular formula is C39H40N6O6. The van der Waals surface area contributed by atoms with E-state index in [4.69, 9.17) is 4.74 Å². The van der Waals surface area contributed by atoms with Crippen molar-refractivity contribution in [2.45, 2.75) is 69.3 Å². The van der Waals surface area contributed by atoms with Crippen molar-refractivity contribution in [3.05, 3.63) is 108 Å². The molecule has 4 amide bonds. The summed E-state index contributed by atoms with van der Waals surface area (Å²) in [5.74, 6) is -2.81. The zero-order valence-corrected chi connectivity index (χ0v) is 28.2. The van der Waals surface area contributed by atoms with E-state index in [9.17, 15) is 24.0 Å². The first-order valence-corrected chi connectivity index (χ1v) is 17.3. The van der Waals surface area contributed by atoms with Gasteiger partial charge in [-0.15, -0.1) is 0 Å². The smallest absolute Gasteiger partial charge is 0.329 e. The van der Waals surface area contributed by atoms with Crippen LogP contribution in [-0.2, 0) is 48.0 Å². The van der Waals surface area contributed by atoms with Gasteiger partial charge in [0.1, 0.15) is 30.3 Å². The summed E-state index contributed by atoms with van der Waals surface area (Å²) in [6.07, 6.45) is 3.64. The van der Waals surface area contributed by atoms with E-state index in [1.54, 1.807) is 18.3 Å². The first kappa shape index (κ1) is 33.6. The molecule has 2 fully saturated rings. The Morgan fingerprint density at radius 3 is 2.04 bits per heavy atom. The van der Waals surface area contributed by atoms with Crippen molar-refractivity contribution >= 4 is 51.4 Å².